The SMILES string of the molecule is c1cc2c(cc1CC1COCCN1)NCCS2. The molecule has 3 rings (SSSR count). The molecule has 0 saturated carbocycles. The highest BCUT2D eigenvalue weighted by molar-refractivity contribution is 7.99. The molecule has 1 atom stereocenters. The van der Waals surface area contributed by atoms with Crippen LogP contribution in [-0.2, 0) is 11.2 Å². The number of ether oxygens (including phenoxy) is 1. The standard InChI is InChI=1S/C13H18N2OS/c1-2-13-12(15-4-6-17-13)8-10(1)7-11-9-16-5-3-14-11/h1-2,8,11,14-15H,3-7,9H2. The minimum absolute atomic E-state index is 0.470. The first-order valence-electron chi connectivity index (χ1n) is 6.22. The highest BCUT2D eigenvalue weighted by Crippen LogP contribution is 2.31. The van der Waals surface area contributed by atoms with E-state index in [0.29, 0.717) is 6.04 Å². The molecular weight excluding hydrogens is 232 g/mol. The van der Waals surface area contributed by atoms with Crippen LogP contribution in [0.25, 0.3) is 0 Å². The Morgan fingerprint density at radius 2 is 2.35 bits per heavy atom. The van der Waals surface area contributed by atoms with Crippen molar-refractivity contribution in [2.45, 2.75) is 17.4 Å². The monoisotopic (exact) mass is 250 g/mol. The van der Waals surface area contributed by atoms with Crippen molar-refractivity contribution in [3.63, 3.8) is 0 Å². The van der Waals surface area contributed by atoms with Crippen molar-refractivity contribution in [3.8, 4) is 0 Å². The zero-order chi connectivity index (χ0) is 11.5. The normalized spacial score (nSPS) is 23.9. The molecule has 1 aromatic carbocycles. The summed E-state index contributed by atoms with van der Waals surface area (Å²) < 4.78 is 5.48. The van der Waals surface area contributed by atoms with Gasteiger partial charge in [-0.3, -0.25) is 0 Å². The average molecular weight is 250 g/mol. The number of hydrogen-bond donors (Lipinski definition) is 2. The topological polar surface area (TPSA) is 33.3 Å². The summed E-state index contributed by atoms with van der Waals surface area (Å²) in [6, 6.07) is 7.25. The van der Waals surface area contributed by atoms with Crippen molar-refractivity contribution in [2.75, 3.05) is 37.4 Å². The van der Waals surface area contributed by atoms with Gasteiger partial charge in [0.25, 0.3) is 0 Å². The summed E-state index contributed by atoms with van der Waals surface area (Å²) in [6.07, 6.45) is 1.06. The molecule has 0 aromatic heterocycles. The fourth-order valence-electron chi connectivity index (χ4n) is 2.35. The molecule has 2 N–H and O–H groups in total. The molecule has 0 radical (unpaired) electrons. The average Bonchev–Trinajstić information content (AvgIpc) is 2.40. The molecule has 2 aliphatic rings. The van der Waals surface area contributed by atoms with Gasteiger partial charge in [0.05, 0.1) is 13.2 Å². The second-order valence-corrected chi connectivity index (χ2v) is 5.67. The van der Waals surface area contributed by atoms with Crippen LogP contribution in [-0.4, -0.2) is 38.1 Å². The summed E-state index contributed by atoms with van der Waals surface area (Å²) in [7, 11) is 0. The van der Waals surface area contributed by atoms with E-state index in [-0.39, 0.29) is 0 Å². The predicted octanol–water partition coefficient (Wildman–Crippen LogP) is 1.74. The molecule has 1 aromatic rings. The molecular formula is C13H18N2OS. The fraction of sp³-hybridized carbons (Fsp3) is 0.538. The first-order valence-corrected chi connectivity index (χ1v) is 7.21. The number of rotatable bonds is 2. The minimum atomic E-state index is 0.470. The molecule has 4 heteroatoms. The van der Waals surface area contributed by atoms with Gasteiger partial charge in [-0.15, -0.1) is 11.8 Å². The van der Waals surface area contributed by atoms with Crippen LogP contribution < -0.4 is 10.6 Å². The van der Waals surface area contributed by atoms with E-state index in [1.807, 2.05) is 11.8 Å². The Bertz CT molecular complexity index is 391. The number of thioether (sulfide) groups is 1. The van der Waals surface area contributed by atoms with Crippen molar-refractivity contribution in [3.05, 3.63) is 23.8 Å². The first-order chi connectivity index (χ1) is 8.42. The molecule has 3 nitrogen and oxygen atoms in total. The lowest BCUT2D eigenvalue weighted by atomic mass is 10.0. The van der Waals surface area contributed by atoms with Gasteiger partial charge in [-0.25, -0.2) is 0 Å². The summed E-state index contributed by atoms with van der Waals surface area (Å²) >= 11 is 1.94. The van der Waals surface area contributed by atoms with Crippen molar-refractivity contribution >= 4 is 17.4 Å². The van der Waals surface area contributed by atoms with Gasteiger partial charge < -0.3 is 15.4 Å². The number of anilines is 1. The van der Waals surface area contributed by atoms with Crippen molar-refractivity contribution in [1.82, 2.24) is 5.32 Å². The molecule has 0 bridgehead atoms. The Labute approximate surface area is 106 Å². The number of benzene rings is 1. The second kappa shape index (κ2) is 5.29. The van der Waals surface area contributed by atoms with Crippen LogP contribution in [0.5, 0.6) is 0 Å². The zero-order valence-corrected chi connectivity index (χ0v) is 10.7. The third kappa shape index (κ3) is 2.76. The van der Waals surface area contributed by atoms with E-state index < -0.39 is 0 Å². The zero-order valence-electron chi connectivity index (χ0n) is 9.87. The molecule has 0 spiro atoms. The fourth-order valence-corrected chi connectivity index (χ4v) is 3.23. The van der Waals surface area contributed by atoms with Crippen molar-refractivity contribution in [2.24, 2.45) is 0 Å². The van der Waals surface area contributed by atoms with E-state index in [9.17, 15) is 0 Å². The van der Waals surface area contributed by atoms with Crippen LogP contribution in [0.4, 0.5) is 5.69 Å². The summed E-state index contributed by atoms with van der Waals surface area (Å²) in [6.45, 7) is 3.73. The van der Waals surface area contributed by atoms with Gasteiger partial charge in [0.1, 0.15) is 0 Å². The Balaban J connectivity index is 1.70. The van der Waals surface area contributed by atoms with E-state index in [1.54, 1.807) is 0 Å². The van der Waals surface area contributed by atoms with Gasteiger partial charge in [-0.2, -0.15) is 0 Å². The lowest BCUT2D eigenvalue weighted by Crippen LogP contribution is -2.42. The van der Waals surface area contributed by atoms with Crippen LogP contribution in [0, 0.1) is 0 Å². The molecule has 1 fully saturated rings. The number of morpholine rings is 1. The van der Waals surface area contributed by atoms with Crippen molar-refractivity contribution < 1.29 is 4.74 Å². The van der Waals surface area contributed by atoms with Crippen LogP contribution in [0.1, 0.15) is 5.56 Å². The lowest BCUT2D eigenvalue weighted by Gasteiger charge is -2.24. The molecule has 1 unspecified atom stereocenters. The molecule has 17 heavy (non-hydrogen) atoms. The van der Waals surface area contributed by atoms with Crippen LogP contribution in [0.3, 0.4) is 0 Å². The number of nitrogens with one attached hydrogen (secondary N) is 2. The Kier molecular flexibility index (Phi) is 3.54. The largest absolute Gasteiger partial charge is 0.383 e. The molecule has 0 amide bonds. The van der Waals surface area contributed by atoms with E-state index in [1.165, 1.54) is 21.9 Å². The molecule has 2 heterocycles. The maximum absolute atomic E-state index is 5.48. The third-order valence-corrected chi connectivity index (χ3v) is 4.27. The highest BCUT2D eigenvalue weighted by atomic mass is 32.2. The van der Waals surface area contributed by atoms with E-state index in [0.717, 1.165) is 32.7 Å². The van der Waals surface area contributed by atoms with Crippen LogP contribution in [0.15, 0.2) is 23.1 Å². The highest BCUT2D eigenvalue weighted by Gasteiger charge is 2.15. The Morgan fingerprint density at radius 1 is 1.35 bits per heavy atom. The van der Waals surface area contributed by atoms with Gasteiger partial charge in [0.2, 0.25) is 0 Å². The summed E-state index contributed by atoms with van der Waals surface area (Å²) in [5, 5.41) is 6.96. The Morgan fingerprint density at radius 3 is 3.24 bits per heavy atom. The molecule has 1 saturated heterocycles. The maximum Gasteiger partial charge on any atom is 0.0623 e. The second-order valence-electron chi connectivity index (χ2n) is 4.54. The smallest absolute Gasteiger partial charge is 0.0623 e. The summed E-state index contributed by atoms with van der Waals surface area (Å²) in [4.78, 5) is 1.38. The predicted molar refractivity (Wildman–Crippen MR) is 72.0 cm³/mol. The minimum Gasteiger partial charge on any atom is -0.383 e. The quantitative estimate of drug-likeness (QED) is 0.837. The van der Waals surface area contributed by atoms with E-state index >= 15 is 0 Å². The van der Waals surface area contributed by atoms with Gasteiger partial charge in [0.15, 0.2) is 0 Å². The molecule has 0 aliphatic carbocycles. The lowest BCUT2D eigenvalue weighted by molar-refractivity contribution is 0.0770. The van der Waals surface area contributed by atoms with Crippen LogP contribution >= 0.6 is 11.8 Å². The number of hydrogen-bond acceptors (Lipinski definition) is 4. The van der Waals surface area contributed by atoms with Crippen molar-refractivity contribution in [1.29, 1.82) is 0 Å². The molecule has 2 aliphatic heterocycles. The summed E-state index contributed by atoms with van der Waals surface area (Å²) in [5.41, 5.74) is 2.69. The first kappa shape index (κ1) is 11.4. The van der Waals surface area contributed by atoms with Gasteiger partial charge in [-0.05, 0) is 24.1 Å². The van der Waals surface area contributed by atoms with Gasteiger partial charge in [-0.1, -0.05) is 6.07 Å². The third-order valence-electron chi connectivity index (χ3n) is 3.20. The van der Waals surface area contributed by atoms with Gasteiger partial charge >= 0.3 is 0 Å². The van der Waals surface area contributed by atoms with Gasteiger partial charge in [0, 0.05) is 35.5 Å². The maximum atomic E-state index is 5.48. The Hall–Kier alpha value is -0.710. The van der Waals surface area contributed by atoms with Crippen LogP contribution in [0.2, 0.25) is 0 Å². The van der Waals surface area contributed by atoms with E-state index in [2.05, 4.69) is 28.8 Å². The molecule has 92 valence electrons. The summed E-state index contributed by atoms with van der Waals surface area (Å²) in [5.74, 6) is 1.17. The van der Waals surface area contributed by atoms with E-state index in [4.69, 9.17) is 4.74 Å². The number of fused-ring (bicyclic) bond motifs is 1.